The summed E-state index contributed by atoms with van der Waals surface area (Å²) in [6, 6.07) is 0. The van der Waals surface area contributed by atoms with Crippen LogP contribution in [0.4, 0.5) is 0 Å². The van der Waals surface area contributed by atoms with Crippen molar-refractivity contribution in [2.24, 2.45) is 5.41 Å². The van der Waals surface area contributed by atoms with Crippen LogP contribution in [-0.4, -0.2) is 35.0 Å². The van der Waals surface area contributed by atoms with Crippen LogP contribution in [0.15, 0.2) is 12.7 Å². The van der Waals surface area contributed by atoms with Gasteiger partial charge in [-0.25, -0.2) is 0 Å². The maximum Gasteiger partial charge on any atom is 0.303 e. The molecule has 0 atom stereocenters. The third kappa shape index (κ3) is 7.09. The summed E-state index contributed by atoms with van der Waals surface area (Å²) < 4.78 is 0. The molecule has 0 rings (SSSR count). The van der Waals surface area contributed by atoms with E-state index in [1.807, 2.05) is 20.8 Å². The molecule has 1 N–H and O–H groups in total. The smallest absolute Gasteiger partial charge is 0.303 e. The van der Waals surface area contributed by atoms with Gasteiger partial charge in [0, 0.05) is 24.9 Å². The van der Waals surface area contributed by atoms with Crippen LogP contribution in [0.3, 0.4) is 0 Å². The average molecular weight is 255 g/mol. The normalized spacial score (nSPS) is 11.1. The highest BCUT2D eigenvalue weighted by Crippen LogP contribution is 2.18. The summed E-state index contributed by atoms with van der Waals surface area (Å²) in [6.45, 7) is 10.6. The fourth-order valence-corrected chi connectivity index (χ4v) is 1.66. The zero-order valence-electron chi connectivity index (χ0n) is 11.7. The molecule has 0 bridgehead atoms. The lowest BCUT2D eigenvalue weighted by molar-refractivity contribution is -0.139. The van der Waals surface area contributed by atoms with Gasteiger partial charge in [0.15, 0.2) is 0 Å². The number of carboxylic acid groups (broad SMARTS) is 1. The molecule has 0 saturated carbocycles. The SMILES string of the molecule is C=CCN(CCCCCC(=O)O)C(=O)C(C)(C)C. The molecule has 0 aliphatic rings. The minimum absolute atomic E-state index is 0.112. The molecule has 1 amide bonds. The van der Waals surface area contributed by atoms with E-state index >= 15 is 0 Å². The predicted molar refractivity (Wildman–Crippen MR) is 72.3 cm³/mol. The van der Waals surface area contributed by atoms with E-state index in [2.05, 4.69) is 6.58 Å². The molecule has 0 aromatic rings. The van der Waals surface area contributed by atoms with E-state index in [0.29, 0.717) is 19.5 Å². The van der Waals surface area contributed by atoms with Gasteiger partial charge in [0.05, 0.1) is 0 Å². The summed E-state index contributed by atoms with van der Waals surface area (Å²) in [5, 5.41) is 8.52. The number of hydrogen-bond acceptors (Lipinski definition) is 2. The third-order valence-corrected chi connectivity index (χ3v) is 2.60. The predicted octanol–water partition coefficient (Wildman–Crippen LogP) is 2.69. The second-order valence-corrected chi connectivity index (χ2v) is 5.49. The Balaban J connectivity index is 4.09. The van der Waals surface area contributed by atoms with Crippen molar-refractivity contribution in [1.82, 2.24) is 4.90 Å². The van der Waals surface area contributed by atoms with Crippen LogP contribution < -0.4 is 0 Å². The maximum absolute atomic E-state index is 12.1. The number of rotatable bonds is 8. The molecule has 0 aliphatic carbocycles. The van der Waals surface area contributed by atoms with Crippen molar-refractivity contribution in [2.45, 2.75) is 46.5 Å². The molecule has 0 radical (unpaired) electrons. The van der Waals surface area contributed by atoms with Crippen molar-refractivity contribution in [2.75, 3.05) is 13.1 Å². The summed E-state index contributed by atoms with van der Waals surface area (Å²) >= 11 is 0. The van der Waals surface area contributed by atoms with Gasteiger partial charge in [-0.2, -0.15) is 0 Å². The monoisotopic (exact) mass is 255 g/mol. The molecule has 0 fully saturated rings. The highest BCUT2D eigenvalue weighted by molar-refractivity contribution is 5.81. The van der Waals surface area contributed by atoms with E-state index in [4.69, 9.17) is 5.11 Å². The van der Waals surface area contributed by atoms with Crippen LogP contribution in [-0.2, 0) is 9.59 Å². The molecule has 0 aromatic carbocycles. The first-order valence-electron chi connectivity index (χ1n) is 6.41. The Hall–Kier alpha value is -1.32. The molecule has 4 nitrogen and oxygen atoms in total. The Morgan fingerprint density at radius 3 is 2.28 bits per heavy atom. The Morgan fingerprint density at radius 2 is 1.83 bits per heavy atom. The lowest BCUT2D eigenvalue weighted by Gasteiger charge is -2.28. The largest absolute Gasteiger partial charge is 0.481 e. The Morgan fingerprint density at radius 1 is 1.22 bits per heavy atom. The van der Waals surface area contributed by atoms with E-state index in [1.54, 1.807) is 11.0 Å². The highest BCUT2D eigenvalue weighted by atomic mass is 16.4. The van der Waals surface area contributed by atoms with Gasteiger partial charge in [-0.3, -0.25) is 9.59 Å². The molecule has 104 valence electrons. The van der Waals surface area contributed by atoms with E-state index in [-0.39, 0.29) is 17.7 Å². The summed E-state index contributed by atoms with van der Waals surface area (Å²) in [5.41, 5.74) is -0.385. The summed E-state index contributed by atoms with van der Waals surface area (Å²) in [7, 11) is 0. The second-order valence-electron chi connectivity index (χ2n) is 5.49. The number of nitrogens with zero attached hydrogens (tertiary/aromatic N) is 1. The first-order valence-corrected chi connectivity index (χ1v) is 6.41. The van der Waals surface area contributed by atoms with Gasteiger partial charge in [0.2, 0.25) is 5.91 Å². The first kappa shape index (κ1) is 16.7. The van der Waals surface area contributed by atoms with E-state index < -0.39 is 5.97 Å². The van der Waals surface area contributed by atoms with Crippen molar-refractivity contribution in [3.05, 3.63) is 12.7 Å². The van der Waals surface area contributed by atoms with Gasteiger partial charge >= 0.3 is 5.97 Å². The lowest BCUT2D eigenvalue weighted by atomic mass is 9.94. The molecule has 0 aromatic heterocycles. The van der Waals surface area contributed by atoms with Gasteiger partial charge in [-0.1, -0.05) is 33.3 Å². The summed E-state index contributed by atoms with van der Waals surface area (Å²) in [4.78, 5) is 24.3. The second kappa shape index (κ2) is 7.90. The van der Waals surface area contributed by atoms with Crippen LogP contribution in [0.5, 0.6) is 0 Å². The van der Waals surface area contributed by atoms with E-state index in [9.17, 15) is 9.59 Å². The standard InChI is InChI=1S/C14H25NO3/c1-5-10-15(13(18)14(2,3)4)11-8-6-7-9-12(16)17/h5H,1,6-11H2,2-4H3,(H,16,17). The number of carbonyl (C=O) groups excluding carboxylic acids is 1. The quantitative estimate of drug-likeness (QED) is 0.536. The molecule has 4 heteroatoms. The van der Waals surface area contributed by atoms with Crippen molar-refractivity contribution in [3.63, 3.8) is 0 Å². The minimum atomic E-state index is -0.760. The summed E-state index contributed by atoms with van der Waals surface area (Å²) in [5.74, 6) is -0.649. The number of aliphatic carboxylic acids is 1. The fourth-order valence-electron chi connectivity index (χ4n) is 1.66. The summed E-state index contributed by atoms with van der Waals surface area (Å²) in [6.07, 6.45) is 4.26. The van der Waals surface area contributed by atoms with Crippen LogP contribution in [0.2, 0.25) is 0 Å². The van der Waals surface area contributed by atoms with Crippen LogP contribution in [0, 0.1) is 5.41 Å². The average Bonchev–Trinajstić information content (AvgIpc) is 2.24. The molecular formula is C14H25NO3. The molecule has 18 heavy (non-hydrogen) atoms. The zero-order chi connectivity index (χ0) is 14.2. The molecule has 0 spiro atoms. The third-order valence-electron chi connectivity index (χ3n) is 2.60. The van der Waals surface area contributed by atoms with Gasteiger partial charge in [-0.15, -0.1) is 6.58 Å². The number of amides is 1. The van der Waals surface area contributed by atoms with E-state index in [0.717, 1.165) is 12.8 Å². The van der Waals surface area contributed by atoms with Crippen LogP contribution in [0.1, 0.15) is 46.5 Å². The van der Waals surface area contributed by atoms with Crippen LogP contribution >= 0.6 is 0 Å². The lowest BCUT2D eigenvalue weighted by Crippen LogP contribution is -2.40. The Bertz CT molecular complexity index is 292. The van der Waals surface area contributed by atoms with Gasteiger partial charge in [0.1, 0.15) is 0 Å². The van der Waals surface area contributed by atoms with Gasteiger partial charge in [0.25, 0.3) is 0 Å². The van der Waals surface area contributed by atoms with Crippen molar-refractivity contribution >= 4 is 11.9 Å². The van der Waals surface area contributed by atoms with Crippen molar-refractivity contribution in [1.29, 1.82) is 0 Å². The highest BCUT2D eigenvalue weighted by Gasteiger charge is 2.26. The van der Waals surface area contributed by atoms with Crippen LogP contribution in [0.25, 0.3) is 0 Å². The zero-order valence-corrected chi connectivity index (χ0v) is 11.7. The number of carbonyl (C=O) groups is 2. The van der Waals surface area contributed by atoms with Gasteiger partial charge < -0.3 is 10.0 Å². The topological polar surface area (TPSA) is 57.6 Å². The van der Waals surface area contributed by atoms with Crippen molar-refractivity contribution in [3.8, 4) is 0 Å². The number of carboxylic acids is 1. The maximum atomic E-state index is 12.1. The van der Waals surface area contributed by atoms with Crippen molar-refractivity contribution < 1.29 is 14.7 Å². The number of hydrogen-bond donors (Lipinski definition) is 1. The minimum Gasteiger partial charge on any atom is -0.481 e. The Kier molecular flexibility index (Phi) is 7.32. The molecule has 0 heterocycles. The molecule has 0 saturated heterocycles. The van der Waals surface area contributed by atoms with E-state index in [1.165, 1.54) is 0 Å². The molecular weight excluding hydrogens is 230 g/mol. The van der Waals surface area contributed by atoms with Gasteiger partial charge in [-0.05, 0) is 12.8 Å². The fraction of sp³-hybridized carbons (Fsp3) is 0.714. The Labute approximate surface area is 110 Å². The number of unbranched alkanes of at least 4 members (excludes halogenated alkanes) is 2. The molecule has 0 unspecified atom stereocenters. The first-order chi connectivity index (χ1) is 8.29. The molecule has 0 aliphatic heterocycles.